The first-order chi connectivity index (χ1) is 6.84. The summed E-state index contributed by atoms with van der Waals surface area (Å²) in [5.74, 6) is 0. The molecule has 0 spiro atoms. The molecule has 0 amide bonds. The Morgan fingerprint density at radius 2 is 2.14 bits per heavy atom. The summed E-state index contributed by atoms with van der Waals surface area (Å²) in [5, 5.41) is 8.51. The van der Waals surface area contributed by atoms with Crippen molar-refractivity contribution in [3.8, 4) is 0 Å². The molecule has 2 aliphatic rings. The highest BCUT2D eigenvalue weighted by atomic mass is 15.4. The molecule has 76 valence electrons. The first-order valence-electron chi connectivity index (χ1n) is 5.53. The third-order valence-corrected chi connectivity index (χ3v) is 3.50. The normalized spacial score (nSPS) is 27.1. The van der Waals surface area contributed by atoms with Crippen LogP contribution >= 0.6 is 0 Å². The highest BCUT2D eigenvalue weighted by molar-refractivity contribution is 5.16. The molecule has 1 saturated carbocycles. The van der Waals surface area contributed by atoms with Crippen molar-refractivity contribution >= 4 is 0 Å². The van der Waals surface area contributed by atoms with E-state index in [1.54, 1.807) is 0 Å². The first kappa shape index (κ1) is 8.41. The zero-order chi connectivity index (χ0) is 9.54. The molecule has 0 bridgehead atoms. The number of hydrogen-bond acceptors (Lipinski definition) is 3. The average molecular weight is 192 g/mol. The van der Waals surface area contributed by atoms with Gasteiger partial charge < -0.3 is 5.73 Å². The fourth-order valence-corrected chi connectivity index (χ4v) is 2.36. The Bertz CT molecular complexity index is 340. The molecule has 14 heavy (non-hydrogen) atoms. The molecule has 1 atom stereocenters. The largest absolute Gasteiger partial charge is 0.327 e. The maximum Gasteiger partial charge on any atom is 0.0874 e. The van der Waals surface area contributed by atoms with E-state index in [1.165, 1.54) is 25.0 Å². The molecule has 1 aromatic rings. The second-order valence-corrected chi connectivity index (χ2v) is 4.52. The summed E-state index contributed by atoms with van der Waals surface area (Å²) in [6.07, 6.45) is 6.98. The first-order valence-corrected chi connectivity index (χ1v) is 5.53. The molecule has 2 N–H and O–H groups in total. The summed E-state index contributed by atoms with van der Waals surface area (Å²) in [4.78, 5) is 0. The Morgan fingerprint density at radius 3 is 2.86 bits per heavy atom. The molecular weight excluding hydrogens is 176 g/mol. The predicted molar refractivity (Wildman–Crippen MR) is 52.9 cm³/mol. The Hall–Kier alpha value is -0.900. The molecule has 1 aromatic heterocycles. The van der Waals surface area contributed by atoms with Crippen LogP contribution in [-0.4, -0.2) is 21.0 Å². The minimum Gasteiger partial charge on any atom is -0.327 e. The number of rotatable bonds is 1. The van der Waals surface area contributed by atoms with Gasteiger partial charge in [-0.05, 0) is 32.1 Å². The van der Waals surface area contributed by atoms with Gasteiger partial charge >= 0.3 is 0 Å². The minimum absolute atomic E-state index is 0.300. The molecule has 0 radical (unpaired) electrons. The zero-order valence-electron chi connectivity index (χ0n) is 8.32. The molecule has 4 heteroatoms. The van der Waals surface area contributed by atoms with E-state index >= 15 is 0 Å². The summed E-state index contributed by atoms with van der Waals surface area (Å²) in [7, 11) is 0. The van der Waals surface area contributed by atoms with Crippen LogP contribution in [0.5, 0.6) is 0 Å². The lowest BCUT2D eigenvalue weighted by Gasteiger charge is -2.28. The summed E-state index contributed by atoms with van der Waals surface area (Å²) < 4.78 is 2.16. The van der Waals surface area contributed by atoms with Crippen molar-refractivity contribution in [3.63, 3.8) is 0 Å². The molecule has 1 fully saturated rings. The quantitative estimate of drug-likeness (QED) is 0.716. The number of hydrogen-bond donors (Lipinski definition) is 1. The fraction of sp³-hybridized carbons (Fsp3) is 0.800. The smallest absolute Gasteiger partial charge is 0.0874 e. The van der Waals surface area contributed by atoms with Crippen molar-refractivity contribution in [2.75, 3.05) is 0 Å². The third-order valence-electron chi connectivity index (χ3n) is 3.50. The molecule has 1 heterocycles. The van der Waals surface area contributed by atoms with Gasteiger partial charge in [-0.2, -0.15) is 0 Å². The summed E-state index contributed by atoms with van der Waals surface area (Å²) in [6, 6.07) is 0.939. The van der Waals surface area contributed by atoms with Gasteiger partial charge in [-0.25, -0.2) is 4.68 Å². The summed E-state index contributed by atoms with van der Waals surface area (Å²) in [6.45, 7) is 0. The van der Waals surface area contributed by atoms with E-state index in [9.17, 15) is 0 Å². The van der Waals surface area contributed by atoms with Gasteiger partial charge in [0.05, 0.1) is 17.4 Å². The van der Waals surface area contributed by atoms with Gasteiger partial charge in [0.1, 0.15) is 0 Å². The molecule has 0 aliphatic heterocycles. The van der Waals surface area contributed by atoms with Crippen LogP contribution in [0.4, 0.5) is 0 Å². The van der Waals surface area contributed by atoms with Crippen LogP contribution in [0, 0.1) is 0 Å². The monoisotopic (exact) mass is 192 g/mol. The molecular formula is C10H16N4. The average Bonchev–Trinajstić information content (AvgIpc) is 2.45. The number of nitrogens with zero attached hydrogens (tertiary/aromatic N) is 3. The number of fused-ring (bicyclic) bond motifs is 1. The van der Waals surface area contributed by atoms with E-state index in [-0.39, 0.29) is 0 Å². The highest BCUT2D eigenvalue weighted by Gasteiger charge is 2.27. The van der Waals surface area contributed by atoms with Gasteiger partial charge in [-0.15, -0.1) is 5.10 Å². The van der Waals surface area contributed by atoms with E-state index in [0.717, 1.165) is 25.0 Å². The van der Waals surface area contributed by atoms with Crippen LogP contribution < -0.4 is 5.73 Å². The lowest BCUT2D eigenvalue weighted by Crippen LogP contribution is -2.29. The second kappa shape index (κ2) is 3.05. The summed E-state index contributed by atoms with van der Waals surface area (Å²) >= 11 is 0. The Balaban J connectivity index is 1.91. The van der Waals surface area contributed by atoms with Crippen molar-refractivity contribution in [2.45, 2.75) is 50.6 Å². The Kier molecular flexibility index (Phi) is 1.83. The molecule has 0 aromatic carbocycles. The third kappa shape index (κ3) is 1.17. The van der Waals surface area contributed by atoms with Gasteiger partial charge in [-0.3, -0.25) is 0 Å². The number of nitrogens with two attached hydrogens (primary N) is 1. The number of aromatic nitrogens is 3. The van der Waals surface area contributed by atoms with Crippen LogP contribution in [0.1, 0.15) is 43.1 Å². The van der Waals surface area contributed by atoms with Gasteiger partial charge in [0.15, 0.2) is 0 Å². The van der Waals surface area contributed by atoms with Crippen molar-refractivity contribution in [2.24, 2.45) is 5.73 Å². The lowest BCUT2D eigenvalue weighted by molar-refractivity contribution is 0.276. The highest BCUT2D eigenvalue weighted by Crippen LogP contribution is 2.33. The van der Waals surface area contributed by atoms with Crippen LogP contribution in [0.25, 0.3) is 0 Å². The Morgan fingerprint density at radius 1 is 1.29 bits per heavy atom. The fourth-order valence-electron chi connectivity index (χ4n) is 2.36. The van der Waals surface area contributed by atoms with E-state index in [4.69, 9.17) is 5.73 Å². The van der Waals surface area contributed by atoms with Gasteiger partial charge in [-0.1, -0.05) is 5.21 Å². The maximum absolute atomic E-state index is 5.90. The maximum atomic E-state index is 5.90. The topological polar surface area (TPSA) is 56.7 Å². The van der Waals surface area contributed by atoms with E-state index in [1.807, 2.05) is 0 Å². The van der Waals surface area contributed by atoms with Crippen LogP contribution in [0.15, 0.2) is 0 Å². The molecule has 4 nitrogen and oxygen atoms in total. The van der Waals surface area contributed by atoms with Gasteiger partial charge in [0, 0.05) is 12.5 Å². The second-order valence-electron chi connectivity index (χ2n) is 4.52. The van der Waals surface area contributed by atoms with E-state index in [0.29, 0.717) is 12.1 Å². The Labute approximate surface area is 83.5 Å². The van der Waals surface area contributed by atoms with Gasteiger partial charge in [0.2, 0.25) is 0 Å². The lowest BCUT2D eigenvalue weighted by atomic mass is 9.91. The molecule has 3 rings (SSSR count). The summed E-state index contributed by atoms with van der Waals surface area (Å²) in [5.41, 5.74) is 8.41. The van der Waals surface area contributed by atoms with Crippen LogP contribution in [-0.2, 0) is 12.8 Å². The SMILES string of the molecule is NC1CCc2c(nnn2C2CCC2)C1. The minimum atomic E-state index is 0.300. The van der Waals surface area contributed by atoms with E-state index in [2.05, 4.69) is 15.0 Å². The molecule has 1 unspecified atom stereocenters. The van der Waals surface area contributed by atoms with Crippen molar-refractivity contribution in [1.29, 1.82) is 0 Å². The molecule has 2 aliphatic carbocycles. The van der Waals surface area contributed by atoms with Crippen LogP contribution in [0.3, 0.4) is 0 Å². The predicted octanol–water partition coefficient (Wildman–Crippen LogP) is 0.819. The van der Waals surface area contributed by atoms with Crippen molar-refractivity contribution in [3.05, 3.63) is 11.4 Å². The van der Waals surface area contributed by atoms with Crippen molar-refractivity contribution in [1.82, 2.24) is 15.0 Å². The van der Waals surface area contributed by atoms with Gasteiger partial charge in [0.25, 0.3) is 0 Å². The van der Waals surface area contributed by atoms with Crippen molar-refractivity contribution < 1.29 is 0 Å². The molecule has 0 saturated heterocycles. The zero-order valence-corrected chi connectivity index (χ0v) is 8.32. The standard InChI is InChI=1S/C10H16N4/c11-7-4-5-10-9(6-7)12-13-14(10)8-2-1-3-8/h7-8H,1-6,11H2. The van der Waals surface area contributed by atoms with E-state index < -0.39 is 0 Å². The van der Waals surface area contributed by atoms with Crippen LogP contribution in [0.2, 0.25) is 0 Å².